The summed E-state index contributed by atoms with van der Waals surface area (Å²) in [5, 5.41) is 6.98. The molecular weight excluding hydrogens is 338 g/mol. The number of rotatable bonds is 10. The molecule has 0 heterocycles. The van der Waals surface area contributed by atoms with Gasteiger partial charge in [-0.05, 0) is 62.0 Å². The predicted octanol–water partition coefficient (Wildman–Crippen LogP) is 3.66. The second-order valence-corrected chi connectivity index (χ2v) is 8.24. The van der Waals surface area contributed by atoms with Crippen molar-refractivity contribution in [3.63, 3.8) is 0 Å². The van der Waals surface area contributed by atoms with Crippen LogP contribution < -0.4 is 15.4 Å². The normalized spacial score (nSPS) is 18.7. The molecule has 1 aromatic rings. The summed E-state index contributed by atoms with van der Waals surface area (Å²) in [4.78, 5) is 4.40. The van der Waals surface area contributed by atoms with E-state index in [-0.39, 0.29) is 0 Å². The van der Waals surface area contributed by atoms with E-state index < -0.39 is 0 Å². The third-order valence-electron chi connectivity index (χ3n) is 5.95. The van der Waals surface area contributed by atoms with Crippen molar-refractivity contribution in [2.75, 3.05) is 33.9 Å². The highest BCUT2D eigenvalue weighted by atomic mass is 16.5. The molecule has 150 valence electrons. The van der Waals surface area contributed by atoms with Gasteiger partial charge in [0.25, 0.3) is 0 Å². The summed E-state index contributed by atoms with van der Waals surface area (Å²) in [6.45, 7) is 5.45. The summed E-state index contributed by atoms with van der Waals surface area (Å²) in [5.74, 6) is 2.61. The molecule has 2 saturated carbocycles. The van der Waals surface area contributed by atoms with Crippen LogP contribution in [-0.2, 0) is 11.3 Å². The van der Waals surface area contributed by atoms with Crippen molar-refractivity contribution in [2.24, 2.45) is 16.3 Å². The predicted molar refractivity (Wildman–Crippen MR) is 110 cm³/mol. The summed E-state index contributed by atoms with van der Waals surface area (Å²) in [5.41, 5.74) is 2.79. The number of aryl methyl sites for hydroxylation is 1. The third kappa shape index (κ3) is 5.86. The minimum Gasteiger partial charge on any atom is -0.493 e. The lowest BCUT2D eigenvalue weighted by molar-refractivity contribution is 0.0732. The SMILES string of the molecule is CN=C(NCc1ccc(C)cc1OCC1CC1)NCC1(CCOC)CCC1. The van der Waals surface area contributed by atoms with Crippen molar-refractivity contribution in [1.82, 2.24) is 10.6 Å². The fourth-order valence-electron chi connectivity index (χ4n) is 3.62. The fourth-order valence-corrected chi connectivity index (χ4v) is 3.62. The van der Waals surface area contributed by atoms with E-state index in [1.165, 1.54) is 43.2 Å². The molecule has 3 rings (SSSR count). The highest BCUT2D eigenvalue weighted by molar-refractivity contribution is 5.79. The van der Waals surface area contributed by atoms with Crippen LogP contribution in [-0.4, -0.2) is 39.9 Å². The maximum Gasteiger partial charge on any atom is 0.191 e. The van der Waals surface area contributed by atoms with Gasteiger partial charge >= 0.3 is 0 Å². The number of ether oxygens (including phenoxy) is 2. The Morgan fingerprint density at radius 1 is 1.26 bits per heavy atom. The number of benzene rings is 1. The molecule has 5 heteroatoms. The van der Waals surface area contributed by atoms with Crippen molar-refractivity contribution >= 4 is 5.96 Å². The third-order valence-corrected chi connectivity index (χ3v) is 5.95. The zero-order valence-electron chi connectivity index (χ0n) is 17.1. The number of methoxy groups -OCH3 is 1. The van der Waals surface area contributed by atoms with Gasteiger partial charge in [0, 0.05) is 39.4 Å². The zero-order chi connectivity index (χ0) is 19.1. The first kappa shape index (κ1) is 20.0. The Labute approximate surface area is 163 Å². The second-order valence-electron chi connectivity index (χ2n) is 8.24. The quantitative estimate of drug-likeness (QED) is 0.485. The minimum absolute atomic E-state index is 0.371. The van der Waals surface area contributed by atoms with Crippen LogP contribution in [0, 0.1) is 18.3 Å². The van der Waals surface area contributed by atoms with Crippen LogP contribution in [0.15, 0.2) is 23.2 Å². The largest absolute Gasteiger partial charge is 0.493 e. The van der Waals surface area contributed by atoms with Gasteiger partial charge in [-0.1, -0.05) is 18.6 Å². The van der Waals surface area contributed by atoms with Crippen LogP contribution in [0.1, 0.15) is 49.7 Å². The molecule has 0 aliphatic heterocycles. The van der Waals surface area contributed by atoms with Gasteiger partial charge in [-0.15, -0.1) is 0 Å². The van der Waals surface area contributed by atoms with E-state index in [9.17, 15) is 0 Å². The van der Waals surface area contributed by atoms with Gasteiger partial charge in [0.15, 0.2) is 5.96 Å². The summed E-state index contributed by atoms with van der Waals surface area (Å²) < 4.78 is 11.4. The molecule has 2 aliphatic carbocycles. The van der Waals surface area contributed by atoms with Crippen LogP contribution >= 0.6 is 0 Å². The Morgan fingerprint density at radius 2 is 2.07 bits per heavy atom. The van der Waals surface area contributed by atoms with Crippen LogP contribution in [0.3, 0.4) is 0 Å². The van der Waals surface area contributed by atoms with Crippen molar-refractivity contribution in [3.05, 3.63) is 29.3 Å². The van der Waals surface area contributed by atoms with E-state index in [0.717, 1.165) is 43.8 Å². The van der Waals surface area contributed by atoms with E-state index in [1.807, 2.05) is 7.05 Å². The lowest BCUT2D eigenvalue weighted by Crippen LogP contribution is -2.46. The molecule has 0 unspecified atom stereocenters. The molecular formula is C22H35N3O2. The zero-order valence-corrected chi connectivity index (χ0v) is 17.1. The fraction of sp³-hybridized carbons (Fsp3) is 0.682. The lowest BCUT2D eigenvalue weighted by atomic mass is 9.67. The molecule has 27 heavy (non-hydrogen) atoms. The van der Waals surface area contributed by atoms with Crippen LogP contribution in [0.25, 0.3) is 0 Å². The molecule has 0 amide bonds. The van der Waals surface area contributed by atoms with Gasteiger partial charge in [0.05, 0.1) is 6.61 Å². The van der Waals surface area contributed by atoms with E-state index in [4.69, 9.17) is 9.47 Å². The van der Waals surface area contributed by atoms with Gasteiger partial charge in [-0.2, -0.15) is 0 Å². The number of hydrogen-bond donors (Lipinski definition) is 2. The number of nitrogens with zero attached hydrogens (tertiary/aromatic N) is 1. The lowest BCUT2D eigenvalue weighted by Gasteiger charge is -2.42. The first-order chi connectivity index (χ1) is 13.1. The molecule has 2 N–H and O–H groups in total. The molecule has 1 aromatic carbocycles. The van der Waals surface area contributed by atoms with Crippen LogP contribution in [0.5, 0.6) is 5.75 Å². The smallest absolute Gasteiger partial charge is 0.191 e. The topological polar surface area (TPSA) is 54.9 Å². The number of aliphatic imine (C=N–C) groups is 1. The van der Waals surface area contributed by atoms with E-state index >= 15 is 0 Å². The maximum atomic E-state index is 6.08. The Balaban J connectivity index is 1.51. The Kier molecular flexibility index (Phi) is 7.00. The highest BCUT2D eigenvalue weighted by Crippen LogP contribution is 2.43. The van der Waals surface area contributed by atoms with E-state index in [1.54, 1.807) is 7.11 Å². The van der Waals surface area contributed by atoms with Gasteiger partial charge in [0.1, 0.15) is 5.75 Å². The monoisotopic (exact) mass is 373 g/mol. The summed E-state index contributed by atoms with van der Waals surface area (Å²) >= 11 is 0. The highest BCUT2D eigenvalue weighted by Gasteiger charge is 2.36. The summed E-state index contributed by atoms with van der Waals surface area (Å²) in [6, 6.07) is 6.44. The molecule has 0 bridgehead atoms. The van der Waals surface area contributed by atoms with E-state index in [0.29, 0.717) is 12.0 Å². The molecule has 0 aromatic heterocycles. The molecule has 2 aliphatic rings. The molecule has 0 atom stereocenters. The van der Waals surface area contributed by atoms with Crippen molar-refractivity contribution in [3.8, 4) is 5.75 Å². The van der Waals surface area contributed by atoms with Gasteiger partial charge < -0.3 is 20.1 Å². The van der Waals surface area contributed by atoms with Crippen molar-refractivity contribution in [1.29, 1.82) is 0 Å². The van der Waals surface area contributed by atoms with Crippen LogP contribution in [0.2, 0.25) is 0 Å². The Morgan fingerprint density at radius 3 is 2.70 bits per heavy atom. The van der Waals surface area contributed by atoms with Gasteiger partial charge in [-0.25, -0.2) is 0 Å². The van der Waals surface area contributed by atoms with Crippen molar-refractivity contribution < 1.29 is 9.47 Å². The number of hydrogen-bond acceptors (Lipinski definition) is 3. The van der Waals surface area contributed by atoms with Crippen LogP contribution in [0.4, 0.5) is 0 Å². The van der Waals surface area contributed by atoms with Crippen molar-refractivity contribution in [2.45, 2.75) is 52.0 Å². The molecule has 5 nitrogen and oxygen atoms in total. The standard InChI is InChI=1S/C22H35N3O2/c1-17-5-8-19(20(13-17)27-15-18-6-7-18)14-24-21(23-2)25-16-22(9-4-10-22)11-12-26-3/h5,8,13,18H,4,6-7,9-12,14-16H2,1-3H3,(H2,23,24,25). The first-order valence-corrected chi connectivity index (χ1v) is 10.3. The number of nitrogens with one attached hydrogen (secondary N) is 2. The van der Waals surface area contributed by atoms with Gasteiger partial charge in [0.2, 0.25) is 0 Å². The first-order valence-electron chi connectivity index (χ1n) is 10.3. The van der Waals surface area contributed by atoms with Gasteiger partial charge in [-0.3, -0.25) is 4.99 Å². The summed E-state index contributed by atoms with van der Waals surface area (Å²) in [6.07, 6.45) is 7.60. The second kappa shape index (κ2) is 9.45. The molecule has 0 spiro atoms. The average molecular weight is 374 g/mol. The van der Waals surface area contributed by atoms with E-state index in [2.05, 4.69) is 40.7 Å². The summed E-state index contributed by atoms with van der Waals surface area (Å²) in [7, 11) is 3.61. The maximum absolute atomic E-state index is 6.08. The Hall–Kier alpha value is -1.75. The average Bonchev–Trinajstić information content (AvgIpc) is 3.46. The molecule has 0 radical (unpaired) electrons. The number of guanidine groups is 1. The Bertz CT molecular complexity index is 636. The molecule has 0 saturated heterocycles. The molecule has 2 fully saturated rings. The minimum atomic E-state index is 0.371.